The summed E-state index contributed by atoms with van der Waals surface area (Å²) in [4.78, 5) is 23.4. The summed E-state index contributed by atoms with van der Waals surface area (Å²) in [5.74, 6) is -0.736. The monoisotopic (exact) mass is 382 g/mol. The number of halogens is 1. The third kappa shape index (κ3) is 4.29. The van der Waals surface area contributed by atoms with Crippen LogP contribution in [0.15, 0.2) is 12.1 Å². The van der Waals surface area contributed by atoms with Crippen LogP contribution in [0.25, 0.3) is 0 Å². The molecular formula is C18H27FN2O4Si. The zero-order chi connectivity index (χ0) is 19.7. The van der Waals surface area contributed by atoms with Crippen LogP contribution in [-0.4, -0.2) is 38.7 Å². The SMILES string of the molecule is CC(C)(C)[Si](C)(C)OC1CCN(c2cc(F)c(C=O)cc2[N+](=O)[O-])CC1. The Morgan fingerprint density at radius 3 is 2.35 bits per heavy atom. The highest BCUT2D eigenvalue weighted by atomic mass is 28.4. The van der Waals surface area contributed by atoms with Gasteiger partial charge in [0.1, 0.15) is 11.5 Å². The van der Waals surface area contributed by atoms with Gasteiger partial charge in [-0.1, -0.05) is 20.8 Å². The van der Waals surface area contributed by atoms with Gasteiger partial charge in [-0.3, -0.25) is 14.9 Å². The fourth-order valence-corrected chi connectivity index (χ4v) is 4.29. The molecular weight excluding hydrogens is 355 g/mol. The Kier molecular flexibility index (Phi) is 5.87. The highest BCUT2D eigenvalue weighted by Crippen LogP contribution is 2.39. The predicted octanol–water partition coefficient (Wildman–Crippen LogP) is 4.54. The second-order valence-electron chi connectivity index (χ2n) is 8.30. The van der Waals surface area contributed by atoms with Gasteiger partial charge in [0.05, 0.1) is 10.5 Å². The molecule has 0 unspecified atom stereocenters. The molecule has 0 bridgehead atoms. The fraction of sp³-hybridized carbons (Fsp3) is 0.611. The first-order valence-corrected chi connectivity index (χ1v) is 11.7. The quantitative estimate of drug-likeness (QED) is 0.324. The summed E-state index contributed by atoms with van der Waals surface area (Å²) in [6, 6.07) is 2.10. The van der Waals surface area contributed by atoms with Crippen molar-refractivity contribution in [2.45, 2.75) is 57.8 Å². The van der Waals surface area contributed by atoms with E-state index in [1.54, 1.807) is 4.90 Å². The third-order valence-electron chi connectivity index (χ3n) is 5.47. The molecule has 0 atom stereocenters. The topological polar surface area (TPSA) is 72.7 Å². The predicted molar refractivity (Wildman–Crippen MR) is 102 cm³/mol. The second-order valence-corrected chi connectivity index (χ2v) is 13.1. The summed E-state index contributed by atoms with van der Waals surface area (Å²) in [5.41, 5.74) is -0.308. The maximum Gasteiger partial charge on any atom is 0.293 e. The minimum absolute atomic E-state index is 0.116. The number of benzene rings is 1. The molecule has 8 heteroatoms. The smallest absolute Gasteiger partial charge is 0.293 e. The van der Waals surface area contributed by atoms with E-state index in [0.29, 0.717) is 19.4 Å². The van der Waals surface area contributed by atoms with Crippen molar-refractivity contribution in [3.05, 3.63) is 33.6 Å². The van der Waals surface area contributed by atoms with E-state index in [9.17, 15) is 19.3 Å². The number of carbonyl (C=O) groups excluding carboxylic acids is 1. The highest BCUT2D eigenvalue weighted by molar-refractivity contribution is 6.74. The minimum Gasteiger partial charge on any atom is -0.414 e. The Labute approximate surface area is 154 Å². The molecule has 26 heavy (non-hydrogen) atoms. The second kappa shape index (κ2) is 7.44. The number of nitro benzene ring substituents is 1. The molecule has 144 valence electrons. The van der Waals surface area contributed by atoms with Crippen molar-refractivity contribution < 1.29 is 18.5 Å². The minimum atomic E-state index is -1.87. The lowest BCUT2D eigenvalue weighted by Gasteiger charge is -2.42. The van der Waals surface area contributed by atoms with Gasteiger partial charge in [-0.05, 0) is 31.0 Å². The van der Waals surface area contributed by atoms with Crippen molar-refractivity contribution in [1.29, 1.82) is 0 Å². The van der Waals surface area contributed by atoms with Crippen molar-refractivity contribution in [2.24, 2.45) is 0 Å². The molecule has 0 amide bonds. The van der Waals surface area contributed by atoms with E-state index < -0.39 is 19.1 Å². The van der Waals surface area contributed by atoms with Crippen LogP contribution in [0, 0.1) is 15.9 Å². The molecule has 1 heterocycles. The number of anilines is 1. The first kappa shape index (κ1) is 20.5. The zero-order valence-electron chi connectivity index (χ0n) is 16.0. The molecule has 1 saturated heterocycles. The van der Waals surface area contributed by atoms with Gasteiger partial charge in [0.2, 0.25) is 0 Å². The van der Waals surface area contributed by atoms with Crippen LogP contribution in [0.1, 0.15) is 44.0 Å². The largest absolute Gasteiger partial charge is 0.414 e. The first-order chi connectivity index (χ1) is 12.0. The van der Waals surface area contributed by atoms with E-state index in [-0.39, 0.29) is 28.1 Å². The molecule has 1 aromatic rings. The average molecular weight is 383 g/mol. The third-order valence-corrected chi connectivity index (χ3v) is 10.0. The van der Waals surface area contributed by atoms with Gasteiger partial charge in [-0.15, -0.1) is 0 Å². The van der Waals surface area contributed by atoms with E-state index in [1.807, 2.05) is 0 Å². The van der Waals surface area contributed by atoms with Gasteiger partial charge in [-0.2, -0.15) is 0 Å². The van der Waals surface area contributed by atoms with E-state index >= 15 is 0 Å². The number of hydrogen-bond acceptors (Lipinski definition) is 5. The summed E-state index contributed by atoms with van der Waals surface area (Å²) in [7, 11) is -1.87. The Morgan fingerprint density at radius 1 is 1.31 bits per heavy atom. The Morgan fingerprint density at radius 2 is 1.88 bits per heavy atom. The summed E-state index contributed by atoms with van der Waals surface area (Å²) in [6.45, 7) is 12.1. The summed E-state index contributed by atoms with van der Waals surface area (Å²) < 4.78 is 20.4. The normalized spacial score (nSPS) is 16.6. The van der Waals surface area contributed by atoms with Crippen molar-refractivity contribution in [3.63, 3.8) is 0 Å². The molecule has 0 radical (unpaired) electrons. The van der Waals surface area contributed by atoms with E-state index in [2.05, 4.69) is 33.9 Å². The van der Waals surface area contributed by atoms with Crippen molar-refractivity contribution >= 4 is 26.0 Å². The van der Waals surface area contributed by atoms with Crippen LogP contribution in [-0.2, 0) is 4.43 Å². The van der Waals surface area contributed by atoms with Crippen molar-refractivity contribution in [2.75, 3.05) is 18.0 Å². The van der Waals surface area contributed by atoms with E-state index in [1.165, 1.54) is 0 Å². The molecule has 0 N–H and O–H groups in total. The summed E-state index contributed by atoms with van der Waals surface area (Å²) in [5, 5.41) is 11.4. The standard InChI is InChI=1S/C18H27FN2O4Si/c1-18(2,3)26(4,5)25-14-6-8-20(9-7-14)16-11-15(19)13(12-22)10-17(16)21(23)24/h10-12,14H,6-9H2,1-5H3. The molecule has 1 aromatic carbocycles. The zero-order valence-corrected chi connectivity index (χ0v) is 17.0. The van der Waals surface area contributed by atoms with Crippen LogP contribution in [0.2, 0.25) is 18.1 Å². The highest BCUT2D eigenvalue weighted by Gasteiger charge is 2.40. The number of rotatable bonds is 5. The summed E-state index contributed by atoms with van der Waals surface area (Å²) >= 11 is 0. The molecule has 1 aliphatic heterocycles. The van der Waals surface area contributed by atoms with Crippen molar-refractivity contribution in [1.82, 2.24) is 0 Å². The van der Waals surface area contributed by atoms with Crippen LogP contribution in [0.5, 0.6) is 0 Å². The number of hydrogen-bond donors (Lipinski definition) is 0. The molecule has 1 aliphatic rings. The number of carbonyl (C=O) groups is 1. The van der Waals surface area contributed by atoms with E-state index in [4.69, 9.17) is 4.43 Å². The van der Waals surface area contributed by atoms with Crippen LogP contribution in [0.3, 0.4) is 0 Å². The molecule has 6 nitrogen and oxygen atoms in total. The van der Waals surface area contributed by atoms with Gasteiger partial charge >= 0.3 is 0 Å². The number of nitrogens with zero attached hydrogens (tertiary/aromatic N) is 2. The van der Waals surface area contributed by atoms with Gasteiger partial charge in [-0.25, -0.2) is 4.39 Å². The van der Waals surface area contributed by atoms with Crippen LogP contribution >= 0.6 is 0 Å². The first-order valence-electron chi connectivity index (χ1n) is 8.82. The lowest BCUT2D eigenvalue weighted by molar-refractivity contribution is -0.384. The lowest BCUT2D eigenvalue weighted by atomic mass is 10.1. The Bertz CT molecular complexity index is 695. The van der Waals surface area contributed by atoms with Gasteiger partial charge in [0, 0.05) is 31.3 Å². The van der Waals surface area contributed by atoms with Gasteiger partial charge < -0.3 is 9.33 Å². The molecule has 1 fully saturated rings. The fourth-order valence-electron chi connectivity index (χ4n) is 2.87. The number of nitro groups is 1. The molecule has 0 spiro atoms. The Balaban J connectivity index is 2.14. The van der Waals surface area contributed by atoms with Crippen LogP contribution in [0.4, 0.5) is 15.8 Å². The number of piperidine rings is 1. The van der Waals surface area contributed by atoms with Gasteiger partial charge in [0.25, 0.3) is 5.69 Å². The van der Waals surface area contributed by atoms with Gasteiger partial charge in [0.15, 0.2) is 14.6 Å². The molecule has 2 rings (SSSR count). The maximum absolute atomic E-state index is 14.0. The molecule has 0 saturated carbocycles. The summed E-state index contributed by atoms with van der Waals surface area (Å²) in [6.07, 6.45) is 1.89. The average Bonchev–Trinajstić information content (AvgIpc) is 2.53. The van der Waals surface area contributed by atoms with Crippen molar-refractivity contribution in [3.8, 4) is 0 Å². The number of aldehydes is 1. The van der Waals surface area contributed by atoms with Crippen LogP contribution < -0.4 is 4.90 Å². The van der Waals surface area contributed by atoms with E-state index in [0.717, 1.165) is 25.0 Å². The molecule has 0 aliphatic carbocycles. The maximum atomic E-state index is 14.0. The lowest BCUT2D eigenvalue weighted by Crippen LogP contribution is -2.47. The Hall–Kier alpha value is -1.80. The molecule has 0 aromatic heterocycles.